The first kappa shape index (κ1) is 13.0. The second-order valence-corrected chi connectivity index (χ2v) is 5.51. The van der Waals surface area contributed by atoms with Crippen molar-refractivity contribution >= 4 is 11.5 Å². The fourth-order valence-corrected chi connectivity index (χ4v) is 3.13. The average Bonchev–Trinajstić information content (AvgIpc) is 2.73. The molecule has 3 rings (SSSR count). The third-order valence-corrected chi connectivity index (χ3v) is 4.22. The quantitative estimate of drug-likeness (QED) is 0.912. The van der Waals surface area contributed by atoms with E-state index in [1.54, 1.807) is 0 Å². The monoisotopic (exact) mass is 270 g/mol. The number of hydrogen-bond donors (Lipinski definition) is 1. The molecular weight excluding hydrogens is 248 g/mol. The van der Waals surface area contributed by atoms with Gasteiger partial charge >= 0.3 is 0 Å². The van der Waals surface area contributed by atoms with Crippen molar-refractivity contribution in [2.24, 2.45) is 0 Å². The summed E-state index contributed by atoms with van der Waals surface area (Å²) in [7, 11) is 2.15. The molecule has 2 N–H and O–H groups in total. The van der Waals surface area contributed by atoms with Gasteiger partial charge in [-0.3, -0.25) is 0 Å². The van der Waals surface area contributed by atoms with E-state index in [-0.39, 0.29) is 0 Å². The van der Waals surface area contributed by atoms with Gasteiger partial charge in [-0.15, -0.1) is 0 Å². The van der Waals surface area contributed by atoms with Crippen LogP contribution in [0.2, 0.25) is 0 Å². The summed E-state index contributed by atoms with van der Waals surface area (Å²) in [6, 6.07) is 6.59. The van der Waals surface area contributed by atoms with Crippen molar-refractivity contribution in [3.63, 3.8) is 0 Å². The first-order chi connectivity index (χ1) is 9.61. The van der Waals surface area contributed by atoms with Crippen molar-refractivity contribution in [1.29, 1.82) is 0 Å². The van der Waals surface area contributed by atoms with Crippen LogP contribution in [0.25, 0.3) is 11.3 Å². The zero-order valence-corrected chi connectivity index (χ0v) is 12.5. The molecule has 2 heterocycles. The Morgan fingerprint density at radius 2 is 2.15 bits per heavy atom. The van der Waals surface area contributed by atoms with Crippen LogP contribution in [0.5, 0.6) is 0 Å². The van der Waals surface area contributed by atoms with E-state index in [1.165, 1.54) is 17.7 Å². The molecule has 0 aliphatic carbocycles. The molecule has 0 amide bonds. The van der Waals surface area contributed by atoms with Gasteiger partial charge < -0.3 is 15.2 Å². The van der Waals surface area contributed by atoms with Crippen LogP contribution in [0.4, 0.5) is 11.5 Å². The molecule has 1 aromatic carbocycles. The third kappa shape index (κ3) is 1.96. The number of aromatic nitrogens is 2. The van der Waals surface area contributed by atoms with Crippen LogP contribution in [-0.2, 0) is 13.0 Å². The maximum atomic E-state index is 6.24. The molecule has 0 unspecified atom stereocenters. The number of aryl methyl sites for hydroxylation is 2. The van der Waals surface area contributed by atoms with Gasteiger partial charge in [0.2, 0.25) is 0 Å². The topological polar surface area (TPSA) is 47.1 Å². The third-order valence-electron chi connectivity index (χ3n) is 4.22. The maximum absolute atomic E-state index is 6.24. The van der Waals surface area contributed by atoms with E-state index in [9.17, 15) is 0 Å². The Morgan fingerprint density at radius 3 is 2.85 bits per heavy atom. The standard InChI is InChI=1S/C16H22N4/c1-4-20-11(2)18-15(16(20)17)13-7-8-14-12(10-13)6-5-9-19(14)3/h7-8,10H,4-6,9,17H2,1-3H3. The highest BCUT2D eigenvalue weighted by atomic mass is 15.1. The first-order valence-corrected chi connectivity index (χ1v) is 7.29. The second kappa shape index (κ2) is 4.85. The summed E-state index contributed by atoms with van der Waals surface area (Å²) in [5.41, 5.74) is 11.0. The van der Waals surface area contributed by atoms with Gasteiger partial charge in [-0.25, -0.2) is 4.98 Å². The Hall–Kier alpha value is -1.97. The van der Waals surface area contributed by atoms with Gasteiger partial charge in [0.05, 0.1) is 0 Å². The Kier molecular flexibility index (Phi) is 3.16. The van der Waals surface area contributed by atoms with Crippen LogP contribution in [0.1, 0.15) is 24.7 Å². The van der Waals surface area contributed by atoms with E-state index in [0.29, 0.717) is 0 Å². The van der Waals surface area contributed by atoms with Gasteiger partial charge in [0.1, 0.15) is 17.3 Å². The Labute approximate surface area is 120 Å². The molecule has 4 heteroatoms. The molecule has 1 aromatic heterocycles. The predicted octanol–water partition coefficient (Wildman–Crippen LogP) is 2.84. The van der Waals surface area contributed by atoms with Crippen LogP contribution in [0.15, 0.2) is 18.2 Å². The molecule has 0 atom stereocenters. The second-order valence-electron chi connectivity index (χ2n) is 5.51. The molecule has 2 aromatic rings. The number of anilines is 2. The number of fused-ring (bicyclic) bond motifs is 1. The average molecular weight is 270 g/mol. The molecule has 0 radical (unpaired) electrons. The summed E-state index contributed by atoms with van der Waals surface area (Å²) in [4.78, 5) is 6.96. The Bertz CT molecular complexity index is 642. The first-order valence-electron chi connectivity index (χ1n) is 7.29. The highest BCUT2D eigenvalue weighted by Gasteiger charge is 2.17. The van der Waals surface area contributed by atoms with E-state index in [0.717, 1.165) is 42.4 Å². The molecule has 4 nitrogen and oxygen atoms in total. The zero-order chi connectivity index (χ0) is 14.3. The Morgan fingerprint density at radius 1 is 1.35 bits per heavy atom. The summed E-state index contributed by atoms with van der Waals surface area (Å²) >= 11 is 0. The van der Waals surface area contributed by atoms with Crippen LogP contribution >= 0.6 is 0 Å². The van der Waals surface area contributed by atoms with Gasteiger partial charge in [-0.1, -0.05) is 6.07 Å². The largest absolute Gasteiger partial charge is 0.383 e. The van der Waals surface area contributed by atoms with Gasteiger partial charge in [-0.2, -0.15) is 0 Å². The van der Waals surface area contributed by atoms with Crippen LogP contribution in [-0.4, -0.2) is 23.1 Å². The fraction of sp³-hybridized carbons (Fsp3) is 0.438. The van der Waals surface area contributed by atoms with Crippen molar-refractivity contribution in [2.75, 3.05) is 24.2 Å². The molecule has 0 saturated carbocycles. The van der Waals surface area contributed by atoms with Gasteiger partial charge in [0.25, 0.3) is 0 Å². The van der Waals surface area contributed by atoms with Gasteiger partial charge in [0.15, 0.2) is 0 Å². The highest BCUT2D eigenvalue weighted by Crippen LogP contribution is 2.33. The lowest BCUT2D eigenvalue weighted by atomic mass is 9.98. The van der Waals surface area contributed by atoms with E-state index in [4.69, 9.17) is 5.73 Å². The molecule has 1 aliphatic heterocycles. The molecular formula is C16H22N4. The molecule has 0 spiro atoms. The van der Waals surface area contributed by atoms with Crippen molar-refractivity contribution in [3.05, 3.63) is 29.6 Å². The summed E-state index contributed by atoms with van der Waals surface area (Å²) in [6.45, 7) is 6.10. The molecule has 0 fully saturated rings. The highest BCUT2D eigenvalue weighted by molar-refractivity contribution is 5.74. The molecule has 0 saturated heterocycles. The molecule has 0 bridgehead atoms. The van der Waals surface area contributed by atoms with Crippen LogP contribution in [0.3, 0.4) is 0 Å². The van der Waals surface area contributed by atoms with Crippen molar-refractivity contribution < 1.29 is 0 Å². The normalized spacial score (nSPS) is 14.4. The van der Waals surface area contributed by atoms with Crippen molar-refractivity contribution in [1.82, 2.24) is 9.55 Å². The number of benzene rings is 1. The minimum atomic E-state index is 0.772. The lowest BCUT2D eigenvalue weighted by Crippen LogP contribution is -2.24. The summed E-state index contributed by atoms with van der Waals surface area (Å²) in [5, 5.41) is 0. The molecule has 20 heavy (non-hydrogen) atoms. The smallest absolute Gasteiger partial charge is 0.131 e. The maximum Gasteiger partial charge on any atom is 0.131 e. The van der Waals surface area contributed by atoms with Gasteiger partial charge in [0, 0.05) is 31.4 Å². The lowest BCUT2D eigenvalue weighted by Gasteiger charge is -2.27. The fourth-order valence-electron chi connectivity index (χ4n) is 3.13. The SMILES string of the molecule is CCn1c(C)nc(-c2ccc3c(c2)CCCN3C)c1N. The van der Waals surface area contributed by atoms with E-state index in [2.05, 4.69) is 46.6 Å². The minimum absolute atomic E-state index is 0.772. The van der Waals surface area contributed by atoms with E-state index >= 15 is 0 Å². The summed E-state index contributed by atoms with van der Waals surface area (Å²) < 4.78 is 2.06. The lowest BCUT2D eigenvalue weighted by molar-refractivity contribution is 0.739. The number of hydrogen-bond acceptors (Lipinski definition) is 3. The number of rotatable bonds is 2. The zero-order valence-electron chi connectivity index (χ0n) is 12.5. The van der Waals surface area contributed by atoms with Crippen LogP contribution < -0.4 is 10.6 Å². The number of nitrogen functional groups attached to an aromatic ring is 1. The molecule has 1 aliphatic rings. The summed E-state index contributed by atoms with van der Waals surface area (Å²) in [5.74, 6) is 1.75. The number of nitrogens with two attached hydrogens (primary N) is 1. The van der Waals surface area contributed by atoms with E-state index in [1.807, 2.05) is 6.92 Å². The van der Waals surface area contributed by atoms with Gasteiger partial charge in [-0.05, 0) is 44.4 Å². The van der Waals surface area contributed by atoms with Crippen molar-refractivity contribution in [3.8, 4) is 11.3 Å². The number of imidazole rings is 1. The van der Waals surface area contributed by atoms with Crippen LogP contribution in [0, 0.1) is 6.92 Å². The summed E-state index contributed by atoms with van der Waals surface area (Å²) in [6.07, 6.45) is 2.35. The Balaban J connectivity index is 2.07. The van der Waals surface area contributed by atoms with E-state index < -0.39 is 0 Å². The predicted molar refractivity (Wildman–Crippen MR) is 84.1 cm³/mol. The molecule has 106 valence electrons. The van der Waals surface area contributed by atoms with Crippen molar-refractivity contribution in [2.45, 2.75) is 33.2 Å². The minimum Gasteiger partial charge on any atom is -0.383 e. The number of nitrogens with zero attached hydrogens (tertiary/aromatic N) is 3.